The van der Waals surface area contributed by atoms with E-state index in [2.05, 4.69) is 10.3 Å². The van der Waals surface area contributed by atoms with Crippen LogP contribution >= 0.6 is 11.8 Å². The van der Waals surface area contributed by atoms with E-state index < -0.39 is 0 Å². The van der Waals surface area contributed by atoms with Crippen LogP contribution in [0.3, 0.4) is 0 Å². The lowest BCUT2D eigenvalue weighted by molar-refractivity contribution is -0.127. The Labute approximate surface area is 147 Å². The SMILES string of the molecule is CSc1ncccc1C(=O)N1CCC(CNC(=O)C2CCC2)CC1. The van der Waals surface area contributed by atoms with Gasteiger partial charge in [0.25, 0.3) is 5.91 Å². The Morgan fingerprint density at radius 3 is 2.67 bits per heavy atom. The molecule has 0 spiro atoms. The van der Waals surface area contributed by atoms with Gasteiger partial charge in [-0.3, -0.25) is 9.59 Å². The predicted molar refractivity (Wildman–Crippen MR) is 95.0 cm³/mol. The third-order valence-corrected chi connectivity index (χ3v) is 5.85. The van der Waals surface area contributed by atoms with E-state index in [-0.39, 0.29) is 17.7 Å². The number of pyridine rings is 1. The van der Waals surface area contributed by atoms with E-state index in [0.29, 0.717) is 11.5 Å². The molecule has 1 aromatic heterocycles. The van der Waals surface area contributed by atoms with Crippen molar-refractivity contribution in [2.45, 2.75) is 37.1 Å². The first kappa shape index (κ1) is 17.3. The normalized spacial score (nSPS) is 19.0. The first-order valence-electron chi connectivity index (χ1n) is 8.75. The van der Waals surface area contributed by atoms with Crippen LogP contribution in [0.25, 0.3) is 0 Å². The minimum absolute atomic E-state index is 0.0735. The Kier molecular flexibility index (Phi) is 5.76. The maximum absolute atomic E-state index is 12.7. The van der Waals surface area contributed by atoms with Crippen LogP contribution in [0.15, 0.2) is 23.4 Å². The van der Waals surface area contributed by atoms with Crippen molar-refractivity contribution >= 4 is 23.6 Å². The second-order valence-corrected chi connectivity index (χ2v) is 7.46. The fourth-order valence-corrected chi connectivity index (χ4v) is 3.83. The van der Waals surface area contributed by atoms with Gasteiger partial charge in [-0.1, -0.05) is 6.42 Å². The minimum Gasteiger partial charge on any atom is -0.356 e. The third-order valence-electron chi connectivity index (χ3n) is 5.14. The van der Waals surface area contributed by atoms with Crippen LogP contribution in [0.2, 0.25) is 0 Å². The number of nitrogens with zero attached hydrogens (tertiary/aromatic N) is 2. The van der Waals surface area contributed by atoms with Crippen LogP contribution in [0.4, 0.5) is 0 Å². The van der Waals surface area contributed by atoms with E-state index >= 15 is 0 Å². The molecule has 2 amide bonds. The van der Waals surface area contributed by atoms with Crippen LogP contribution in [0.5, 0.6) is 0 Å². The maximum atomic E-state index is 12.7. The molecule has 1 saturated carbocycles. The van der Waals surface area contributed by atoms with E-state index in [1.807, 2.05) is 23.3 Å². The van der Waals surface area contributed by atoms with Crippen LogP contribution in [0, 0.1) is 11.8 Å². The quantitative estimate of drug-likeness (QED) is 0.832. The van der Waals surface area contributed by atoms with Gasteiger partial charge in [0.2, 0.25) is 5.91 Å². The molecule has 130 valence electrons. The number of aromatic nitrogens is 1. The second-order valence-electron chi connectivity index (χ2n) is 6.67. The van der Waals surface area contributed by atoms with Crippen LogP contribution in [-0.2, 0) is 4.79 Å². The molecule has 1 aliphatic carbocycles. The van der Waals surface area contributed by atoms with Gasteiger partial charge in [-0.25, -0.2) is 4.98 Å². The van der Waals surface area contributed by atoms with Crippen molar-refractivity contribution in [1.82, 2.24) is 15.2 Å². The zero-order valence-corrected chi connectivity index (χ0v) is 15.0. The van der Waals surface area contributed by atoms with Crippen LogP contribution < -0.4 is 5.32 Å². The van der Waals surface area contributed by atoms with Crippen molar-refractivity contribution in [2.24, 2.45) is 11.8 Å². The maximum Gasteiger partial charge on any atom is 0.256 e. The Morgan fingerprint density at radius 2 is 2.04 bits per heavy atom. The second kappa shape index (κ2) is 8.01. The van der Waals surface area contributed by atoms with E-state index in [9.17, 15) is 9.59 Å². The highest BCUT2D eigenvalue weighted by Gasteiger charge is 2.28. The summed E-state index contributed by atoms with van der Waals surface area (Å²) in [5, 5.41) is 3.88. The summed E-state index contributed by atoms with van der Waals surface area (Å²) in [5.41, 5.74) is 0.696. The number of likely N-dealkylation sites (tertiary alicyclic amines) is 1. The molecule has 0 bridgehead atoms. The van der Waals surface area contributed by atoms with Gasteiger partial charge in [0, 0.05) is 31.7 Å². The summed E-state index contributed by atoms with van der Waals surface area (Å²) in [4.78, 5) is 30.8. The van der Waals surface area contributed by atoms with Gasteiger partial charge >= 0.3 is 0 Å². The molecule has 1 saturated heterocycles. The predicted octanol–water partition coefficient (Wildman–Crippen LogP) is 2.57. The monoisotopic (exact) mass is 347 g/mol. The number of hydrogen-bond acceptors (Lipinski definition) is 4. The number of thioether (sulfide) groups is 1. The van der Waals surface area contributed by atoms with Gasteiger partial charge in [0.15, 0.2) is 0 Å². The number of nitrogens with one attached hydrogen (secondary N) is 1. The van der Waals surface area contributed by atoms with Gasteiger partial charge in [-0.2, -0.15) is 0 Å². The molecule has 1 aliphatic heterocycles. The lowest BCUT2D eigenvalue weighted by Crippen LogP contribution is -2.43. The van der Waals surface area contributed by atoms with E-state index in [0.717, 1.165) is 50.3 Å². The first-order valence-corrected chi connectivity index (χ1v) is 9.97. The largest absolute Gasteiger partial charge is 0.356 e. The Balaban J connectivity index is 1.47. The van der Waals surface area contributed by atoms with Gasteiger partial charge in [-0.05, 0) is 50.0 Å². The van der Waals surface area contributed by atoms with Crippen molar-refractivity contribution < 1.29 is 9.59 Å². The average molecular weight is 347 g/mol. The Bertz CT molecular complexity index is 596. The first-order chi connectivity index (χ1) is 11.7. The van der Waals surface area contributed by atoms with Crippen molar-refractivity contribution in [3.05, 3.63) is 23.9 Å². The summed E-state index contributed by atoms with van der Waals surface area (Å²) in [5.74, 6) is 1.03. The summed E-state index contributed by atoms with van der Waals surface area (Å²) < 4.78 is 0. The number of carbonyl (C=O) groups excluding carboxylic acids is 2. The Hall–Kier alpha value is -1.56. The number of amides is 2. The molecule has 2 fully saturated rings. The van der Waals surface area contributed by atoms with E-state index in [1.165, 1.54) is 18.2 Å². The smallest absolute Gasteiger partial charge is 0.256 e. The fraction of sp³-hybridized carbons (Fsp3) is 0.611. The van der Waals surface area contributed by atoms with Crippen LogP contribution in [0.1, 0.15) is 42.5 Å². The zero-order chi connectivity index (χ0) is 16.9. The topological polar surface area (TPSA) is 62.3 Å². The average Bonchev–Trinajstić information content (AvgIpc) is 2.58. The molecular formula is C18H25N3O2S. The molecule has 0 atom stereocenters. The lowest BCUT2D eigenvalue weighted by Gasteiger charge is -2.33. The summed E-state index contributed by atoms with van der Waals surface area (Å²) >= 11 is 1.50. The molecule has 2 aliphatic rings. The van der Waals surface area contributed by atoms with Gasteiger partial charge in [0.1, 0.15) is 5.03 Å². The summed E-state index contributed by atoms with van der Waals surface area (Å²) in [6, 6.07) is 3.67. The number of hydrogen-bond donors (Lipinski definition) is 1. The number of piperidine rings is 1. The van der Waals surface area contributed by atoms with Gasteiger partial charge in [0.05, 0.1) is 5.56 Å². The van der Waals surface area contributed by atoms with E-state index in [1.54, 1.807) is 6.20 Å². The van der Waals surface area contributed by atoms with Crippen molar-refractivity contribution in [3.8, 4) is 0 Å². The van der Waals surface area contributed by atoms with E-state index in [4.69, 9.17) is 0 Å². The van der Waals surface area contributed by atoms with Crippen molar-refractivity contribution in [2.75, 3.05) is 25.9 Å². The lowest BCUT2D eigenvalue weighted by atomic mass is 9.84. The highest BCUT2D eigenvalue weighted by Crippen LogP contribution is 2.27. The fourth-order valence-electron chi connectivity index (χ4n) is 3.29. The molecule has 2 heterocycles. The number of rotatable bonds is 5. The molecule has 6 heteroatoms. The summed E-state index contributed by atoms with van der Waals surface area (Å²) in [6.45, 7) is 2.26. The van der Waals surface area contributed by atoms with Crippen LogP contribution in [-0.4, -0.2) is 47.6 Å². The Morgan fingerprint density at radius 1 is 1.29 bits per heavy atom. The highest BCUT2D eigenvalue weighted by molar-refractivity contribution is 7.98. The number of carbonyl (C=O) groups is 2. The standard InChI is InChI=1S/C18H25N3O2S/c1-24-17-15(6-3-9-19-17)18(23)21-10-7-13(8-11-21)12-20-16(22)14-4-2-5-14/h3,6,9,13-14H,2,4-5,7-8,10-12H2,1H3,(H,20,22). The molecule has 1 aromatic rings. The molecule has 3 rings (SSSR count). The van der Waals surface area contributed by atoms with Gasteiger partial charge < -0.3 is 10.2 Å². The molecule has 24 heavy (non-hydrogen) atoms. The summed E-state index contributed by atoms with van der Waals surface area (Å²) in [7, 11) is 0. The minimum atomic E-state index is 0.0735. The molecular weight excluding hydrogens is 322 g/mol. The highest BCUT2D eigenvalue weighted by atomic mass is 32.2. The molecule has 1 N–H and O–H groups in total. The summed E-state index contributed by atoms with van der Waals surface area (Å²) in [6.07, 6.45) is 8.83. The molecule has 0 radical (unpaired) electrons. The van der Waals surface area contributed by atoms with Crippen molar-refractivity contribution in [1.29, 1.82) is 0 Å². The van der Waals surface area contributed by atoms with Crippen molar-refractivity contribution in [3.63, 3.8) is 0 Å². The zero-order valence-electron chi connectivity index (χ0n) is 14.2. The third kappa shape index (κ3) is 3.91. The van der Waals surface area contributed by atoms with Gasteiger partial charge in [-0.15, -0.1) is 11.8 Å². The molecule has 5 nitrogen and oxygen atoms in total. The molecule has 0 unspecified atom stereocenters. The molecule has 0 aromatic carbocycles.